The summed E-state index contributed by atoms with van der Waals surface area (Å²) in [5.74, 6) is -0.623. The molecule has 0 aliphatic carbocycles. The van der Waals surface area contributed by atoms with Gasteiger partial charge in [0.25, 0.3) is 0 Å². The Morgan fingerprint density at radius 2 is 1.86 bits per heavy atom. The highest BCUT2D eigenvalue weighted by molar-refractivity contribution is 6.08. The molecule has 0 saturated carbocycles. The van der Waals surface area contributed by atoms with Crippen LogP contribution in [0.1, 0.15) is 18.2 Å². The van der Waals surface area contributed by atoms with E-state index in [2.05, 4.69) is 15.1 Å². The summed E-state index contributed by atoms with van der Waals surface area (Å²) in [5.41, 5.74) is 5.38. The molecule has 4 rings (SSSR count). The molecular formula is C26H19F4N5O. The molecule has 0 bridgehead atoms. The van der Waals surface area contributed by atoms with Gasteiger partial charge in [0.15, 0.2) is 5.69 Å². The Labute approximate surface area is 203 Å². The molecule has 6 nitrogen and oxygen atoms in total. The molecule has 182 valence electrons. The number of halogens is 4. The molecule has 2 aromatic carbocycles. The number of benzene rings is 2. The molecule has 0 spiro atoms. The van der Waals surface area contributed by atoms with Gasteiger partial charge < -0.3 is 5.73 Å². The molecule has 0 amide bonds. The maximum Gasteiger partial charge on any atom is 0.416 e. The van der Waals surface area contributed by atoms with Gasteiger partial charge >= 0.3 is 6.18 Å². The van der Waals surface area contributed by atoms with E-state index in [1.165, 1.54) is 43.5 Å². The average molecular weight is 493 g/mol. The minimum atomic E-state index is -4.57. The third kappa shape index (κ3) is 5.54. The molecule has 2 N–H and O–H groups in total. The van der Waals surface area contributed by atoms with E-state index in [-0.39, 0.29) is 28.5 Å². The SMILES string of the molecule is CC(N)=CC(=Nc1cccc(C(F)(F)F)c1)c1nn(-c2ccc(-c3ccccn3)cc2F)ccc1=O. The van der Waals surface area contributed by atoms with E-state index < -0.39 is 23.0 Å². The van der Waals surface area contributed by atoms with Crippen LogP contribution in [0.4, 0.5) is 23.2 Å². The molecule has 0 fully saturated rings. The molecule has 0 saturated heterocycles. The zero-order valence-electron chi connectivity index (χ0n) is 18.9. The van der Waals surface area contributed by atoms with Gasteiger partial charge in [-0.05, 0) is 55.5 Å². The molecule has 2 aromatic heterocycles. The van der Waals surface area contributed by atoms with Crippen LogP contribution in [-0.2, 0) is 6.18 Å². The van der Waals surface area contributed by atoms with Crippen molar-refractivity contribution in [3.63, 3.8) is 0 Å². The second-order valence-electron chi connectivity index (χ2n) is 7.79. The van der Waals surface area contributed by atoms with Gasteiger partial charge in [0.1, 0.15) is 11.5 Å². The molecule has 4 aromatic rings. The summed E-state index contributed by atoms with van der Waals surface area (Å²) in [4.78, 5) is 21.1. The van der Waals surface area contributed by atoms with Gasteiger partial charge in [-0.3, -0.25) is 9.78 Å². The summed E-state index contributed by atoms with van der Waals surface area (Å²) in [6.07, 6.45) is -0.378. The normalized spacial score (nSPS) is 12.6. The van der Waals surface area contributed by atoms with Crippen molar-refractivity contribution < 1.29 is 17.6 Å². The summed E-state index contributed by atoms with van der Waals surface area (Å²) in [5, 5.41) is 4.22. The topological polar surface area (TPSA) is 86.2 Å². The van der Waals surface area contributed by atoms with Crippen molar-refractivity contribution >= 4 is 11.4 Å². The summed E-state index contributed by atoms with van der Waals surface area (Å²) in [7, 11) is 0. The standard InChI is InChI=1S/C26H19F4N5O/c1-16(31)13-22(33-19-6-4-5-18(15-19)26(28,29)30)25-24(36)10-12-35(34-25)23-9-8-17(14-20(23)27)21-7-2-3-11-32-21/h2-15H,31H2,1H3. The van der Waals surface area contributed by atoms with Gasteiger partial charge in [0.05, 0.1) is 22.7 Å². The molecule has 0 aliphatic rings. The van der Waals surface area contributed by atoms with Crippen LogP contribution >= 0.6 is 0 Å². The van der Waals surface area contributed by atoms with Crippen molar-refractivity contribution in [2.24, 2.45) is 10.7 Å². The number of hydrogen-bond acceptors (Lipinski definition) is 5. The first-order chi connectivity index (χ1) is 17.1. The van der Waals surface area contributed by atoms with Crippen molar-refractivity contribution in [1.29, 1.82) is 0 Å². The number of pyridine rings is 1. The monoisotopic (exact) mass is 493 g/mol. The maximum atomic E-state index is 15.0. The lowest BCUT2D eigenvalue weighted by atomic mass is 10.1. The molecule has 0 atom stereocenters. The number of nitrogens with zero attached hydrogens (tertiary/aromatic N) is 4. The molecule has 0 aliphatic heterocycles. The van der Waals surface area contributed by atoms with Crippen molar-refractivity contribution in [3.05, 3.63) is 118 Å². The Bertz CT molecular complexity index is 1520. The number of hydrogen-bond donors (Lipinski definition) is 1. The van der Waals surface area contributed by atoms with E-state index in [0.29, 0.717) is 11.3 Å². The van der Waals surface area contributed by atoms with E-state index in [4.69, 9.17) is 5.73 Å². The van der Waals surface area contributed by atoms with Crippen molar-refractivity contribution in [2.75, 3.05) is 0 Å². The maximum absolute atomic E-state index is 15.0. The van der Waals surface area contributed by atoms with Crippen LogP contribution in [0, 0.1) is 5.82 Å². The van der Waals surface area contributed by atoms with Gasteiger partial charge in [-0.15, -0.1) is 0 Å². The van der Waals surface area contributed by atoms with Crippen LogP contribution < -0.4 is 11.2 Å². The first-order valence-corrected chi connectivity index (χ1v) is 10.6. The predicted molar refractivity (Wildman–Crippen MR) is 129 cm³/mol. The Morgan fingerprint density at radius 1 is 1.06 bits per heavy atom. The second kappa shape index (κ2) is 9.95. The number of allylic oxidation sites excluding steroid dienone is 2. The summed E-state index contributed by atoms with van der Waals surface area (Å²) < 4.78 is 55.6. The lowest BCUT2D eigenvalue weighted by molar-refractivity contribution is -0.137. The highest BCUT2D eigenvalue weighted by atomic mass is 19.4. The van der Waals surface area contributed by atoms with Crippen molar-refractivity contribution in [2.45, 2.75) is 13.1 Å². The third-order valence-corrected chi connectivity index (χ3v) is 4.99. The van der Waals surface area contributed by atoms with Crippen LogP contribution in [0.3, 0.4) is 0 Å². The minimum Gasteiger partial charge on any atom is -0.402 e. The number of nitrogens with two attached hydrogens (primary N) is 1. The second-order valence-corrected chi connectivity index (χ2v) is 7.79. The molecular weight excluding hydrogens is 474 g/mol. The number of alkyl halides is 3. The summed E-state index contributed by atoms with van der Waals surface area (Å²) in [6.45, 7) is 1.53. The van der Waals surface area contributed by atoms with E-state index in [9.17, 15) is 18.0 Å². The largest absolute Gasteiger partial charge is 0.416 e. The fourth-order valence-electron chi connectivity index (χ4n) is 3.36. The highest BCUT2D eigenvalue weighted by Gasteiger charge is 2.30. The van der Waals surface area contributed by atoms with Crippen LogP contribution in [0.25, 0.3) is 16.9 Å². The molecule has 10 heteroatoms. The van der Waals surface area contributed by atoms with Crippen LogP contribution in [0.5, 0.6) is 0 Å². The fraction of sp³-hybridized carbons (Fsp3) is 0.0769. The van der Waals surface area contributed by atoms with Gasteiger partial charge in [0, 0.05) is 29.7 Å². The minimum absolute atomic E-state index is 0.0443. The lowest BCUT2D eigenvalue weighted by Gasteiger charge is -2.11. The first kappa shape index (κ1) is 24.5. The van der Waals surface area contributed by atoms with Gasteiger partial charge in [-0.1, -0.05) is 18.2 Å². The zero-order valence-corrected chi connectivity index (χ0v) is 18.9. The van der Waals surface area contributed by atoms with Crippen LogP contribution in [-0.4, -0.2) is 20.5 Å². The Hall–Kier alpha value is -4.60. The third-order valence-electron chi connectivity index (χ3n) is 4.99. The van der Waals surface area contributed by atoms with Gasteiger partial charge in [-0.25, -0.2) is 14.1 Å². The van der Waals surface area contributed by atoms with E-state index in [0.717, 1.165) is 22.9 Å². The van der Waals surface area contributed by atoms with E-state index >= 15 is 4.39 Å². The zero-order chi connectivity index (χ0) is 25.9. The number of aliphatic imine (C=N–C) groups is 1. The van der Waals surface area contributed by atoms with E-state index in [1.54, 1.807) is 30.5 Å². The Morgan fingerprint density at radius 3 is 2.53 bits per heavy atom. The molecule has 0 unspecified atom stereocenters. The Kier molecular flexibility index (Phi) is 6.77. The average Bonchev–Trinajstić information content (AvgIpc) is 2.84. The number of rotatable bonds is 5. The van der Waals surface area contributed by atoms with Crippen molar-refractivity contribution in [3.8, 4) is 16.9 Å². The van der Waals surface area contributed by atoms with Gasteiger partial charge in [0.2, 0.25) is 5.43 Å². The lowest BCUT2D eigenvalue weighted by Crippen LogP contribution is -2.21. The van der Waals surface area contributed by atoms with Gasteiger partial charge in [-0.2, -0.15) is 18.3 Å². The highest BCUT2D eigenvalue weighted by Crippen LogP contribution is 2.31. The molecule has 2 heterocycles. The quantitative estimate of drug-likeness (QED) is 0.297. The molecule has 0 radical (unpaired) electrons. The van der Waals surface area contributed by atoms with Crippen molar-refractivity contribution in [1.82, 2.24) is 14.8 Å². The fourth-order valence-corrected chi connectivity index (χ4v) is 3.36. The van der Waals surface area contributed by atoms with E-state index in [1.807, 2.05) is 0 Å². The number of aromatic nitrogens is 3. The molecule has 36 heavy (non-hydrogen) atoms. The summed E-state index contributed by atoms with van der Waals surface area (Å²) in [6, 6.07) is 15.2. The first-order valence-electron chi connectivity index (χ1n) is 10.6. The predicted octanol–water partition coefficient (Wildman–Crippen LogP) is 5.44. The van der Waals surface area contributed by atoms with Crippen LogP contribution in [0.2, 0.25) is 0 Å². The smallest absolute Gasteiger partial charge is 0.402 e. The Balaban J connectivity index is 1.80. The van der Waals surface area contributed by atoms with Crippen LogP contribution in [0.15, 0.2) is 101 Å². The summed E-state index contributed by atoms with van der Waals surface area (Å²) >= 11 is 0.